The number of hydrogen-bond donors (Lipinski definition) is 2. The van der Waals surface area contributed by atoms with Crippen molar-refractivity contribution < 1.29 is 4.39 Å². The molecule has 0 fully saturated rings. The van der Waals surface area contributed by atoms with Gasteiger partial charge in [0.2, 0.25) is 0 Å². The Bertz CT molecular complexity index is 556. The highest BCUT2D eigenvalue weighted by Crippen LogP contribution is 2.17. The van der Waals surface area contributed by atoms with E-state index in [1.165, 1.54) is 25.3 Å². The third kappa shape index (κ3) is 2.75. The number of fused-ring (bicyclic) bond motifs is 1. The number of imidazole rings is 1. The van der Waals surface area contributed by atoms with E-state index >= 15 is 0 Å². The van der Waals surface area contributed by atoms with Gasteiger partial charge in [-0.25, -0.2) is 9.18 Å². The summed E-state index contributed by atoms with van der Waals surface area (Å²) in [6.07, 6.45) is 5.50. The SMILES string of the molecule is CCCCCCc1cc(F)c2[nH]c(=O)[nH]c2c1. The molecule has 1 heterocycles. The van der Waals surface area contributed by atoms with Crippen LogP contribution in [0.4, 0.5) is 4.39 Å². The largest absolute Gasteiger partial charge is 0.323 e. The van der Waals surface area contributed by atoms with E-state index in [2.05, 4.69) is 16.9 Å². The number of benzene rings is 1. The second-order valence-electron chi connectivity index (χ2n) is 4.39. The number of H-pyrrole nitrogens is 2. The first-order chi connectivity index (χ1) is 8.20. The van der Waals surface area contributed by atoms with Crippen molar-refractivity contribution in [2.75, 3.05) is 0 Å². The van der Waals surface area contributed by atoms with Crippen molar-refractivity contribution in [3.05, 3.63) is 34.0 Å². The zero-order chi connectivity index (χ0) is 12.3. The fourth-order valence-electron chi connectivity index (χ4n) is 2.06. The van der Waals surface area contributed by atoms with Gasteiger partial charge in [0, 0.05) is 0 Å². The quantitative estimate of drug-likeness (QED) is 0.770. The third-order valence-corrected chi connectivity index (χ3v) is 2.96. The lowest BCUT2D eigenvalue weighted by Gasteiger charge is -2.02. The molecule has 0 atom stereocenters. The molecule has 0 aliphatic heterocycles. The molecule has 17 heavy (non-hydrogen) atoms. The van der Waals surface area contributed by atoms with Crippen LogP contribution in [0.1, 0.15) is 38.2 Å². The average molecular weight is 236 g/mol. The fraction of sp³-hybridized carbons (Fsp3) is 0.462. The molecule has 0 bridgehead atoms. The number of unbranched alkanes of at least 4 members (excludes halogenated alkanes) is 3. The number of rotatable bonds is 5. The minimum absolute atomic E-state index is 0.271. The van der Waals surface area contributed by atoms with Crippen molar-refractivity contribution in [3.8, 4) is 0 Å². The van der Waals surface area contributed by atoms with Gasteiger partial charge in [0.15, 0.2) is 0 Å². The van der Waals surface area contributed by atoms with Crippen molar-refractivity contribution in [1.29, 1.82) is 0 Å². The number of aromatic amines is 2. The van der Waals surface area contributed by atoms with Gasteiger partial charge in [0.1, 0.15) is 11.3 Å². The monoisotopic (exact) mass is 236 g/mol. The standard InChI is InChI=1S/C13H17FN2O/c1-2-3-4-5-6-9-7-10(14)12-11(8-9)15-13(17)16-12/h7-8H,2-6H2,1H3,(H2,15,16,17). The van der Waals surface area contributed by atoms with Gasteiger partial charge in [-0.05, 0) is 30.5 Å². The van der Waals surface area contributed by atoms with Gasteiger partial charge < -0.3 is 9.97 Å². The highest BCUT2D eigenvalue weighted by atomic mass is 19.1. The highest BCUT2D eigenvalue weighted by molar-refractivity contribution is 5.75. The molecule has 0 saturated heterocycles. The van der Waals surface area contributed by atoms with Gasteiger partial charge in [-0.2, -0.15) is 0 Å². The zero-order valence-corrected chi connectivity index (χ0v) is 9.98. The van der Waals surface area contributed by atoms with Crippen LogP contribution in [0.2, 0.25) is 0 Å². The van der Waals surface area contributed by atoms with Gasteiger partial charge in [-0.15, -0.1) is 0 Å². The van der Waals surface area contributed by atoms with Crippen LogP contribution in [0.15, 0.2) is 16.9 Å². The molecule has 0 aliphatic carbocycles. The number of aromatic nitrogens is 2. The van der Waals surface area contributed by atoms with Crippen molar-refractivity contribution in [2.24, 2.45) is 0 Å². The minimum Gasteiger partial charge on any atom is -0.306 e. The van der Waals surface area contributed by atoms with Crippen LogP contribution in [0.5, 0.6) is 0 Å². The molecule has 0 amide bonds. The summed E-state index contributed by atoms with van der Waals surface area (Å²) in [6, 6.07) is 3.36. The Kier molecular flexibility index (Phi) is 3.61. The Morgan fingerprint density at radius 1 is 1.18 bits per heavy atom. The Hall–Kier alpha value is -1.58. The molecule has 0 spiro atoms. The van der Waals surface area contributed by atoms with E-state index in [9.17, 15) is 9.18 Å². The van der Waals surface area contributed by atoms with Crippen LogP contribution >= 0.6 is 0 Å². The molecule has 1 aromatic heterocycles. The molecule has 4 heteroatoms. The maximum atomic E-state index is 13.6. The molecule has 2 aromatic rings. The summed E-state index contributed by atoms with van der Waals surface area (Å²) in [5, 5.41) is 0. The summed E-state index contributed by atoms with van der Waals surface area (Å²) in [5.41, 5.74) is 1.41. The van der Waals surface area contributed by atoms with E-state index in [0.29, 0.717) is 5.52 Å². The highest BCUT2D eigenvalue weighted by Gasteiger charge is 2.06. The second kappa shape index (κ2) is 5.17. The van der Waals surface area contributed by atoms with Crippen LogP contribution in [0, 0.1) is 5.82 Å². The number of aryl methyl sites for hydroxylation is 1. The first-order valence-electron chi connectivity index (χ1n) is 6.11. The van der Waals surface area contributed by atoms with E-state index in [4.69, 9.17) is 0 Å². The molecule has 0 radical (unpaired) electrons. The molecular formula is C13H17FN2O. The van der Waals surface area contributed by atoms with E-state index in [0.717, 1.165) is 18.4 Å². The summed E-state index contributed by atoms with van der Waals surface area (Å²) in [6.45, 7) is 2.16. The molecule has 1 aromatic carbocycles. The first kappa shape index (κ1) is 11.9. The van der Waals surface area contributed by atoms with Gasteiger partial charge in [0.05, 0.1) is 5.52 Å². The number of halogens is 1. The predicted molar refractivity (Wildman–Crippen MR) is 66.7 cm³/mol. The van der Waals surface area contributed by atoms with Crippen molar-refractivity contribution in [2.45, 2.75) is 39.0 Å². The molecule has 0 saturated carbocycles. The lowest BCUT2D eigenvalue weighted by molar-refractivity contribution is 0.630. The fourth-order valence-corrected chi connectivity index (χ4v) is 2.06. The van der Waals surface area contributed by atoms with E-state index in [-0.39, 0.29) is 17.0 Å². The predicted octanol–water partition coefficient (Wildman–Crippen LogP) is 3.12. The molecule has 92 valence electrons. The minimum atomic E-state index is -0.359. The van der Waals surface area contributed by atoms with Crippen LogP contribution in [0.3, 0.4) is 0 Å². The Morgan fingerprint density at radius 2 is 2.00 bits per heavy atom. The van der Waals surface area contributed by atoms with E-state index in [1.807, 2.05) is 6.07 Å². The van der Waals surface area contributed by atoms with Gasteiger partial charge in [0.25, 0.3) is 0 Å². The molecule has 0 unspecified atom stereocenters. The third-order valence-electron chi connectivity index (χ3n) is 2.96. The molecule has 0 aliphatic rings. The molecule has 3 nitrogen and oxygen atoms in total. The van der Waals surface area contributed by atoms with E-state index in [1.54, 1.807) is 0 Å². The van der Waals surface area contributed by atoms with Gasteiger partial charge in [-0.1, -0.05) is 26.2 Å². The smallest absolute Gasteiger partial charge is 0.306 e. The van der Waals surface area contributed by atoms with Crippen molar-refractivity contribution in [3.63, 3.8) is 0 Å². The van der Waals surface area contributed by atoms with Crippen molar-refractivity contribution >= 4 is 11.0 Å². The van der Waals surface area contributed by atoms with Gasteiger partial charge in [-0.3, -0.25) is 0 Å². The van der Waals surface area contributed by atoms with Crippen LogP contribution in [0.25, 0.3) is 11.0 Å². The molecular weight excluding hydrogens is 219 g/mol. The summed E-state index contributed by atoms with van der Waals surface area (Å²) in [7, 11) is 0. The van der Waals surface area contributed by atoms with E-state index < -0.39 is 0 Å². The maximum absolute atomic E-state index is 13.6. The van der Waals surface area contributed by atoms with Crippen molar-refractivity contribution in [1.82, 2.24) is 9.97 Å². The summed E-state index contributed by atoms with van der Waals surface area (Å²) in [4.78, 5) is 16.1. The molecule has 2 N–H and O–H groups in total. The first-order valence-corrected chi connectivity index (χ1v) is 6.11. The Balaban J connectivity index is 2.15. The van der Waals surface area contributed by atoms with Gasteiger partial charge >= 0.3 is 5.69 Å². The average Bonchev–Trinajstić information content (AvgIpc) is 2.66. The maximum Gasteiger partial charge on any atom is 0.323 e. The van der Waals surface area contributed by atoms with Crippen LogP contribution < -0.4 is 5.69 Å². The normalized spacial score (nSPS) is 11.2. The second-order valence-corrected chi connectivity index (χ2v) is 4.39. The van der Waals surface area contributed by atoms with Crippen LogP contribution in [-0.2, 0) is 6.42 Å². The van der Waals surface area contributed by atoms with Crippen LogP contribution in [-0.4, -0.2) is 9.97 Å². The topological polar surface area (TPSA) is 48.6 Å². The zero-order valence-electron chi connectivity index (χ0n) is 9.98. The Morgan fingerprint density at radius 3 is 2.76 bits per heavy atom. The summed E-state index contributed by atoms with van der Waals surface area (Å²) >= 11 is 0. The number of hydrogen-bond acceptors (Lipinski definition) is 1. The molecule has 2 rings (SSSR count). The Labute approximate surface area is 99.1 Å². The lowest BCUT2D eigenvalue weighted by Crippen LogP contribution is -1.99. The summed E-state index contributed by atoms with van der Waals surface area (Å²) in [5.74, 6) is -0.355. The summed E-state index contributed by atoms with van der Waals surface area (Å²) < 4.78 is 13.6. The number of nitrogens with one attached hydrogen (secondary N) is 2. The lowest BCUT2D eigenvalue weighted by atomic mass is 10.1.